The average molecular weight is 411 g/mol. The van der Waals surface area contributed by atoms with E-state index in [0.29, 0.717) is 30.4 Å². The molecule has 0 unspecified atom stereocenters. The van der Waals surface area contributed by atoms with Crippen LogP contribution in [0, 0.1) is 6.92 Å². The van der Waals surface area contributed by atoms with E-state index in [0.717, 1.165) is 43.1 Å². The Balaban J connectivity index is 1.37. The van der Waals surface area contributed by atoms with Gasteiger partial charge in [0.05, 0.1) is 24.4 Å². The monoisotopic (exact) mass is 411 g/mol. The summed E-state index contributed by atoms with van der Waals surface area (Å²) in [5.74, 6) is 2.04. The fraction of sp³-hybridized carbons (Fsp3) is 0.364. The molecule has 0 spiro atoms. The molecule has 3 heterocycles. The number of carbonyl (C=O) groups is 1. The standard InChI is InChI=1S/C22H25N3O5/c1-15-24-14-17-12-16(22(23)26)13-21(25(15)17)30-20-4-2-18(3-5-20)28-10-11-29-19-6-8-27-9-7-19/h2-5,12-14,19H,6-11H2,1H3,(H2,23,26). The summed E-state index contributed by atoms with van der Waals surface area (Å²) in [6.45, 7) is 4.41. The fourth-order valence-electron chi connectivity index (χ4n) is 3.41. The highest BCUT2D eigenvalue weighted by Crippen LogP contribution is 2.27. The van der Waals surface area contributed by atoms with Gasteiger partial charge in [0.2, 0.25) is 11.8 Å². The minimum atomic E-state index is -0.520. The Bertz CT molecular complexity index is 1010. The van der Waals surface area contributed by atoms with Gasteiger partial charge in [0.1, 0.15) is 23.9 Å². The van der Waals surface area contributed by atoms with Crippen LogP contribution in [0.1, 0.15) is 29.0 Å². The fourth-order valence-corrected chi connectivity index (χ4v) is 3.41. The number of rotatable bonds is 8. The summed E-state index contributed by atoms with van der Waals surface area (Å²) in [6.07, 6.45) is 3.81. The third kappa shape index (κ3) is 4.72. The van der Waals surface area contributed by atoms with Crippen LogP contribution >= 0.6 is 0 Å². The van der Waals surface area contributed by atoms with E-state index in [-0.39, 0.29) is 6.10 Å². The number of benzene rings is 1. The van der Waals surface area contributed by atoms with Crippen molar-refractivity contribution in [3.8, 4) is 17.4 Å². The molecule has 3 aromatic rings. The Morgan fingerprint density at radius 3 is 2.63 bits per heavy atom. The highest BCUT2D eigenvalue weighted by atomic mass is 16.5. The molecule has 1 amide bonds. The maximum atomic E-state index is 11.6. The molecule has 0 radical (unpaired) electrons. The van der Waals surface area contributed by atoms with Crippen LogP contribution < -0.4 is 15.2 Å². The quantitative estimate of drug-likeness (QED) is 0.572. The number of carbonyl (C=O) groups excluding carboxylic acids is 1. The molecule has 158 valence electrons. The third-order valence-corrected chi connectivity index (χ3v) is 4.97. The van der Waals surface area contributed by atoms with Crippen molar-refractivity contribution in [3.05, 3.63) is 54.0 Å². The minimum absolute atomic E-state index is 0.262. The van der Waals surface area contributed by atoms with E-state index < -0.39 is 5.91 Å². The van der Waals surface area contributed by atoms with Crippen LogP contribution in [-0.4, -0.2) is 47.8 Å². The predicted octanol–water partition coefficient (Wildman–Crippen LogP) is 3.11. The molecule has 1 aliphatic rings. The van der Waals surface area contributed by atoms with Crippen LogP contribution in [0.25, 0.3) is 5.52 Å². The number of ether oxygens (including phenoxy) is 4. The van der Waals surface area contributed by atoms with Gasteiger partial charge in [-0.25, -0.2) is 4.98 Å². The van der Waals surface area contributed by atoms with Crippen molar-refractivity contribution < 1.29 is 23.7 Å². The van der Waals surface area contributed by atoms with E-state index in [1.165, 1.54) is 0 Å². The molecule has 0 aliphatic carbocycles. The zero-order valence-electron chi connectivity index (χ0n) is 16.9. The lowest BCUT2D eigenvalue weighted by atomic mass is 10.2. The molecule has 1 aliphatic heterocycles. The topological polar surface area (TPSA) is 97.3 Å². The minimum Gasteiger partial charge on any atom is -0.491 e. The number of aromatic nitrogens is 2. The molecule has 8 nitrogen and oxygen atoms in total. The number of hydrogen-bond donors (Lipinski definition) is 1. The number of aryl methyl sites for hydroxylation is 1. The first-order valence-corrected chi connectivity index (χ1v) is 9.98. The van der Waals surface area contributed by atoms with E-state index in [9.17, 15) is 4.79 Å². The first-order chi connectivity index (χ1) is 14.6. The zero-order valence-corrected chi connectivity index (χ0v) is 16.9. The molecule has 0 atom stereocenters. The molecule has 2 N–H and O–H groups in total. The van der Waals surface area contributed by atoms with Gasteiger partial charge in [-0.05, 0) is 50.1 Å². The molecule has 8 heteroatoms. The summed E-state index contributed by atoms with van der Waals surface area (Å²) in [5.41, 5.74) is 6.54. The lowest BCUT2D eigenvalue weighted by Gasteiger charge is -2.22. The Labute approximate surface area is 174 Å². The first-order valence-electron chi connectivity index (χ1n) is 9.98. The molecule has 1 fully saturated rings. The van der Waals surface area contributed by atoms with Gasteiger partial charge in [-0.3, -0.25) is 9.20 Å². The molecule has 1 saturated heterocycles. The smallest absolute Gasteiger partial charge is 0.248 e. The van der Waals surface area contributed by atoms with Crippen molar-refractivity contribution in [2.75, 3.05) is 26.4 Å². The maximum Gasteiger partial charge on any atom is 0.248 e. The second-order valence-electron chi connectivity index (χ2n) is 7.12. The van der Waals surface area contributed by atoms with Crippen molar-refractivity contribution >= 4 is 11.4 Å². The average Bonchev–Trinajstić information content (AvgIpc) is 3.14. The third-order valence-electron chi connectivity index (χ3n) is 4.97. The number of imidazole rings is 1. The van der Waals surface area contributed by atoms with Crippen molar-refractivity contribution in [2.45, 2.75) is 25.9 Å². The molecule has 1 aromatic carbocycles. The van der Waals surface area contributed by atoms with E-state index in [1.54, 1.807) is 18.3 Å². The first kappa shape index (κ1) is 20.2. The second kappa shape index (κ2) is 9.15. The van der Waals surface area contributed by atoms with Crippen LogP contribution in [0.4, 0.5) is 0 Å². The molecular weight excluding hydrogens is 386 g/mol. The Morgan fingerprint density at radius 1 is 1.17 bits per heavy atom. The number of primary amides is 1. The Morgan fingerprint density at radius 2 is 1.90 bits per heavy atom. The van der Waals surface area contributed by atoms with Crippen molar-refractivity contribution in [2.24, 2.45) is 5.73 Å². The Kier molecular flexibility index (Phi) is 6.15. The number of pyridine rings is 1. The number of amides is 1. The molecule has 0 saturated carbocycles. The lowest BCUT2D eigenvalue weighted by Crippen LogP contribution is -2.25. The highest BCUT2D eigenvalue weighted by Gasteiger charge is 2.14. The van der Waals surface area contributed by atoms with E-state index in [4.69, 9.17) is 24.7 Å². The van der Waals surface area contributed by atoms with Crippen LogP contribution in [0.3, 0.4) is 0 Å². The van der Waals surface area contributed by atoms with Crippen LogP contribution in [-0.2, 0) is 9.47 Å². The van der Waals surface area contributed by atoms with Gasteiger partial charge in [-0.15, -0.1) is 0 Å². The summed E-state index contributed by atoms with van der Waals surface area (Å²) in [5, 5.41) is 0. The second-order valence-corrected chi connectivity index (χ2v) is 7.12. The summed E-state index contributed by atoms with van der Waals surface area (Å²) in [6, 6.07) is 10.6. The molecular formula is C22H25N3O5. The van der Waals surface area contributed by atoms with Gasteiger partial charge in [0.15, 0.2) is 0 Å². The predicted molar refractivity (Wildman–Crippen MR) is 110 cm³/mol. The van der Waals surface area contributed by atoms with Crippen molar-refractivity contribution in [1.82, 2.24) is 9.38 Å². The summed E-state index contributed by atoms with van der Waals surface area (Å²) >= 11 is 0. The lowest BCUT2D eigenvalue weighted by molar-refractivity contribution is -0.0388. The maximum absolute atomic E-state index is 11.6. The van der Waals surface area contributed by atoms with E-state index in [1.807, 2.05) is 35.6 Å². The Hall–Kier alpha value is -3.10. The summed E-state index contributed by atoms with van der Waals surface area (Å²) < 4.78 is 24.7. The van der Waals surface area contributed by atoms with Gasteiger partial charge in [-0.2, -0.15) is 0 Å². The van der Waals surface area contributed by atoms with Crippen molar-refractivity contribution in [1.29, 1.82) is 0 Å². The van der Waals surface area contributed by atoms with Crippen LogP contribution in [0.15, 0.2) is 42.6 Å². The van der Waals surface area contributed by atoms with Gasteiger partial charge >= 0.3 is 0 Å². The molecule has 4 rings (SSSR count). The number of fused-ring (bicyclic) bond motifs is 1. The summed E-state index contributed by atoms with van der Waals surface area (Å²) in [4.78, 5) is 15.9. The van der Waals surface area contributed by atoms with Crippen LogP contribution in [0.5, 0.6) is 17.4 Å². The SMILES string of the molecule is Cc1ncc2cc(C(N)=O)cc(Oc3ccc(OCCOC4CCOCC4)cc3)n12. The normalized spacial score (nSPS) is 14.7. The molecule has 30 heavy (non-hydrogen) atoms. The largest absolute Gasteiger partial charge is 0.491 e. The van der Waals surface area contributed by atoms with E-state index in [2.05, 4.69) is 4.98 Å². The number of nitrogens with zero attached hydrogens (tertiary/aromatic N) is 2. The number of nitrogens with two attached hydrogens (primary N) is 1. The molecule has 2 aromatic heterocycles. The van der Waals surface area contributed by atoms with E-state index >= 15 is 0 Å². The van der Waals surface area contributed by atoms with Gasteiger partial charge < -0.3 is 24.7 Å². The van der Waals surface area contributed by atoms with Gasteiger partial charge in [-0.1, -0.05) is 0 Å². The van der Waals surface area contributed by atoms with Gasteiger partial charge in [0, 0.05) is 24.8 Å². The molecule has 0 bridgehead atoms. The van der Waals surface area contributed by atoms with Gasteiger partial charge in [0.25, 0.3) is 0 Å². The zero-order chi connectivity index (χ0) is 20.9. The van der Waals surface area contributed by atoms with Crippen molar-refractivity contribution in [3.63, 3.8) is 0 Å². The number of hydrogen-bond acceptors (Lipinski definition) is 6. The highest BCUT2D eigenvalue weighted by molar-refractivity contribution is 5.94. The van der Waals surface area contributed by atoms with Crippen LogP contribution in [0.2, 0.25) is 0 Å². The summed E-state index contributed by atoms with van der Waals surface area (Å²) in [7, 11) is 0.